The lowest BCUT2D eigenvalue weighted by atomic mass is 9.94. The number of para-hydroxylation sites is 1. The van der Waals surface area contributed by atoms with Gasteiger partial charge in [0.1, 0.15) is 0 Å². The molecule has 0 aromatic heterocycles. The van der Waals surface area contributed by atoms with E-state index in [0.29, 0.717) is 29.1 Å². The van der Waals surface area contributed by atoms with Gasteiger partial charge in [0.25, 0.3) is 0 Å². The van der Waals surface area contributed by atoms with Crippen LogP contribution < -0.4 is 16.0 Å². The minimum Gasteiger partial charge on any atom is -0.466 e. The van der Waals surface area contributed by atoms with Crippen molar-refractivity contribution in [3.05, 3.63) is 70.9 Å². The number of ether oxygens (including phenoxy) is 1. The molecule has 0 saturated heterocycles. The number of esters is 1. The number of allylic oxidation sites excluding steroid dienone is 1. The van der Waals surface area contributed by atoms with E-state index in [4.69, 9.17) is 4.74 Å². The van der Waals surface area contributed by atoms with E-state index in [-0.39, 0.29) is 12.1 Å². The molecule has 2 aromatic rings. The maximum atomic E-state index is 12.7. The van der Waals surface area contributed by atoms with Crippen molar-refractivity contribution in [1.29, 1.82) is 0 Å². The van der Waals surface area contributed by atoms with Crippen molar-refractivity contribution in [2.75, 3.05) is 24.3 Å². The van der Waals surface area contributed by atoms with Gasteiger partial charge in [0.05, 0.1) is 18.7 Å². The maximum Gasteiger partial charge on any atom is 0.337 e. The van der Waals surface area contributed by atoms with Crippen LogP contribution in [0.5, 0.6) is 0 Å². The molecule has 0 bridgehead atoms. The van der Waals surface area contributed by atoms with Gasteiger partial charge in [-0.1, -0.05) is 44.2 Å². The molecule has 1 aliphatic rings. The number of amides is 4. The van der Waals surface area contributed by atoms with Crippen LogP contribution in [0.1, 0.15) is 44.4 Å². The maximum absolute atomic E-state index is 12.7. The van der Waals surface area contributed by atoms with Crippen LogP contribution in [0.15, 0.2) is 59.8 Å². The van der Waals surface area contributed by atoms with Crippen molar-refractivity contribution < 1.29 is 19.1 Å². The van der Waals surface area contributed by atoms with Crippen LogP contribution in [-0.2, 0) is 16.0 Å². The summed E-state index contributed by atoms with van der Waals surface area (Å²) in [6, 6.07) is 13.3. The SMILES string of the molecule is CCCN1C(=O)NC(c2cccc(NC(=O)Nc3ccccc3CC)c2)C(C(=O)OC)=C1C. The Morgan fingerprint density at radius 3 is 2.55 bits per heavy atom. The predicted octanol–water partition coefficient (Wildman–Crippen LogP) is 4.82. The Hall–Kier alpha value is -3.81. The van der Waals surface area contributed by atoms with E-state index in [1.165, 1.54) is 7.11 Å². The van der Waals surface area contributed by atoms with Crippen LogP contribution in [0.25, 0.3) is 0 Å². The minimum atomic E-state index is -0.691. The third-order valence-corrected chi connectivity index (χ3v) is 5.57. The molecule has 1 heterocycles. The molecule has 3 N–H and O–H groups in total. The van der Waals surface area contributed by atoms with Crippen LogP contribution in [0.2, 0.25) is 0 Å². The minimum absolute atomic E-state index is 0.278. The zero-order chi connectivity index (χ0) is 24.0. The van der Waals surface area contributed by atoms with E-state index in [1.807, 2.05) is 38.1 Å². The number of hydrogen-bond acceptors (Lipinski definition) is 4. The summed E-state index contributed by atoms with van der Waals surface area (Å²) in [6.07, 6.45) is 1.55. The van der Waals surface area contributed by atoms with Gasteiger partial charge in [-0.3, -0.25) is 4.90 Å². The smallest absolute Gasteiger partial charge is 0.337 e. The molecular formula is C25H30N4O4. The number of carbonyl (C=O) groups excluding carboxylic acids is 3. The Morgan fingerprint density at radius 2 is 1.85 bits per heavy atom. The van der Waals surface area contributed by atoms with Gasteiger partial charge >= 0.3 is 18.0 Å². The summed E-state index contributed by atoms with van der Waals surface area (Å²) < 4.78 is 5.00. The Kier molecular flexibility index (Phi) is 7.71. The number of urea groups is 2. The number of nitrogens with zero attached hydrogens (tertiary/aromatic N) is 1. The summed E-state index contributed by atoms with van der Waals surface area (Å²) in [6.45, 7) is 6.22. The van der Waals surface area contributed by atoms with Gasteiger partial charge < -0.3 is 20.7 Å². The summed E-state index contributed by atoms with van der Waals surface area (Å²) in [5.74, 6) is -0.508. The molecule has 8 nitrogen and oxygen atoms in total. The largest absolute Gasteiger partial charge is 0.466 e. The Morgan fingerprint density at radius 1 is 1.09 bits per heavy atom. The molecule has 1 atom stereocenters. The second-order valence-corrected chi connectivity index (χ2v) is 7.74. The monoisotopic (exact) mass is 450 g/mol. The lowest BCUT2D eigenvalue weighted by Gasteiger charge is -2.35. The average Bonchev–Trinajstić information content (AvgIpc) is 2.81. The van der Waals surface area contributed by atoms with Crippen LogP contribution in [0, 0.1) is 0 Å². The Balaban J connectivity index is 1.86. The first kappa shape index (κ1) is 23.8. The molecule has 0 fully saturated rings. The van der Waals surface area contributed by atoms with Crippen LogP contribution in [0.4, 0.5) is 21.0 Å². The molecule has 0 spiro atoms. The molecule has 2 aromatic carbocycles. The fourth-order valence-corrected chi connectivity index (χ4v) is 3.93. The van der Waals surface area contributed by atoms with Crippen molar-refractivity contribution >= 4 is 29.4 Å². The molecule has 4 amide bonds. The van der Waals surface area contributed by atoms with E-state index in [1.54, 1.807) is 36.1 Å². The van der Waals surface area contributed by atoms with Crippen LogP contribution >= 0.6 is 0 Å². The zero-order valence-corrected chi connectivity index (χ0v) is 19.4. The molecule has 33 heavy (non-hydrogen) atoms. The van der Waals surface area contributed by atoms with Crippen molar-refractivity contribution in [1.82, 2.24) is 10.2 Å². The van der Waals surface area contributed by atoms with Gasteiger partial charge in [-0.25, -0.2) is 14.4 Å². The van der Waals surface area contributed by atoms with Gasteiger partial charge in [0, 0.05) is 23.6 Å². The van der Waals surface area contributed by atoms with E-state index < -0.39 is 12.0 Å². The summed E-state index contributed by atoms with van der Waals surface area (Å²) in [4.78, 5) is 39.5. The normalized spacial score (nSPS) is 15.7. The second kappa shape index (κ2) is 10.7. The number of hydrogen-bond donors (Lipinski definition) is 3. The lowest BCUT2D eigenvalue weighted by Crippen LogP contribution is -2.48. The molecule has 1 aliphatic heterocycles. The van der Waals surface area contributed by atoms with Crippen molar-refractivity contribution in [3.8, 4) is 0 Å². The van der Waals surface area contributed by atoms with Crippen LogP contribution in [0.3, 0.4) is 0 Å². The average molecular weight is 451 g/mol. The third-order valence-electron chi connectivity index (χ3n) is 5.57. The number of benzene rings is 2. The van der Waals surface area contributed by atoms with E-state index >= 15 is 0 Å². The van der Waals surface area contributed by atoms with Gasteiger partial charge in [0.2, 0.25) is 0 Å². The first-order valence-electron chi connectivity index (χ1n) is 11.0. The molecule has 174 valence electrons. The number of nitrogens with one attached hydrogen (secondary N) is 3. The number of carbonyl (C=O) groups is 3. The van der Waals surface area contributed by atoms with Crippen molar-refractivity contribution in [2.45, 2.75) is 39.7 Å². The number of methoxy groups -OCH3 is 1. The summed E-state index contributed by atoms with van der Waals surface area (Å²) in [5.41, 5.74) is 3.90. The first-order chi connectivity index (χ1) is 15.9. The zero-order valence-electron chi connectivity index (χ0n) is 19.4. The van der Waals surface area contributed by atoms with Crippen molar-refractivity contribution in [3.63, 3.8) is 0 Å². The standard InChI is InChI=1S/C25H30N4O4/c1-5-14-29-16(3)21(23(30)33-4)22(28-25(29)32)18-11-9-12-19(15-18)26-24(31)27-20-13-8-7-10-17(20)6-2/h7-13,15,22H,5-6,14H2,1-4H3,(H,28,32)(H2,26,27,31). The van der Waals surface area contributed by atoms with Crippen LogP contribution in [-0.4, -0.2) is 36.6 Å². The highest BCUT2D eigenvalue weighted by atomic mass is 16.5. The second-order valence-electron chi connectivity index (χ2n) is 7.74. The summed E-state index contributed by atoms with van der Waals surface area (Å²) in [7, 11) is 1.32. The predicted molar refractivity (Wildman–Crippen MR) is 128 cm³/mol. The molecule has 3 rings (SSSR count). The highest BCUT2D eigenvalue weighted by Crippen LogP contribution is 2.32. The summed E-state index contributed by atoms with van der Waals surface area (Å²) in [5, 5.41) is 8.59. The van der Waals surface area contributed by atoms with Crippen molar-refractivity contribution in [2.24, 2.45) is 0 Å². The fraction of sp³-hybridized carbons (Fsp3) is 0.320. The number of aryl methyl sites for hydroxylation is 1. The number of rotatable bonds is 7. The molecule has 0 radical (unpaired) electrons. The Bertz CT molecular complexity index is 1080. The van der Waals surface area contributed by atoms with Gasteiger partial charge in [-0.15, -0.1) is 0 Å². The van der Waals surface area contributed by atoms with Gasteiger partial charge in [0.15, 0.2) is 0 Å². The first-order valence-corrected chi connectivity index (χ1v) is 11.0. The number of anilines is 2. The molecule has 8 heteroatoms. The van der Waals surface area contributed by atoms with E-state index in [0.717, 1.165) is 24.1 Å². The van der Waals surface area contributed by atoms with E-state index in [2.05, 4.69) is 16.0 Å². The molecular weight excluding hydrogens is 420 g/mol. The lowest BCUT2D eigenvalue weighted by molar-refractivity contribution is -0.136. The van der Waals surface area contributed by atoms with Gasteiger partial charge in [-0.05, 0) is 49.1 Å². The Labute approximate surface area is 194 Å². The quantitative estimate of drug-likeness (QED) is 0.527. The third kappa shape index (κ3) is 5.34. The topological polar surface area (TPSA) is 99.8 Å². The highest BCUT2D eigenvalue weighted by Gasteiger charge is 2.36. The van der Waals surface area contributed by atoms with E-state index in [9.17, 15) is 14.4 Å². The molecule has 1 unspecified atom stereocenters. The van der Waals surface area contributed by atoms with Gasteiger partial charge in [-0.2, -0.15) is 0 Å². The molecule has 0 aliphatic carbocycles. The molecule has 0 saturated carbocycles. The highest BCUT2D eigenvalue weighted by molar-refractivity contribution is 6.00. The fourth-order valence-electron chi connectivity index (χ4n) is 3.93. The summed E-state index contributed by atoms with van der Waals surface area (Å²) >= 11 is 0.